The summed E-state index contributed by atoms with van der Waals surface area (Å²) in [6.07, 6.45) is 15.9. The first-order chi connectivity index (χ1) is 13.2. The van der Waals surface area contributed by atoms with E-state index in [1.165, 1.54) is 17.6 Å². The molecule has 1 aliphatic heterocycles. The summed E-state index contributed by atoms with van der Waals surface area (Å²) in [6.45, 7) is 7.32. The Morgan fingerprint density at radius 3 is 2.93 bits per heavy atom. The zero-order valence-corrected chi connectivity index (χ0v) is 15.7. The van der Waals surface area contributed by atoms with Crippen LogP contribution in [0.15, 0.2) is 53.3 Å². The number of allylic oxidation sites excluding steroid dienone is 2. The predicted octanol–water partition coefficient (Wildman–Crippen LogP) is 5.07. The lowest BCUT2D eigenvalue weighted by Crippen LogP contribution is -2.42. The molecule has 0 radical (unpaired) electrons. The zero-order valence-electron chi connectivity index (χ0n) is 15.7. The van der Waals surface area contributed by atoms with E-state index in [0.717, 1.165) is 61.8 Å². The van der Waals surface area contributed by atoms with Crippen LogP contribution in [0.4, 0.5) is 0 Å². The largest absolute Gasteiger partial charge is 0.480 e. The lowest BCUT2D eigenvalue weighted by atomic mass is 9.74. The molecule has 4 rings (SSSR count). The molecule has 4 nitrogen and oxygen atoms in total. The molecule has 1 unspecified atom stereocenters. The van der Waals surface area contributed by atoms with Crippen molar-refractivity contribution in [3.8, 4) is 5.75 Å². The van der Waals surface area contributed by atoms with Crippen LogP contribution in [0.3, 0.4) is 0 Å². The van der Waals surface area contributed by atoms with Crippen LogP contribution in [0.5, 0.6) is 5.75 Å². The number of pyridine rings is 1. The molecule has 1 amide bonds. The average molecular weight is 362 g/mol. The van der Waals surface area contributed by atoms with Crippen molar-refractivity contribution < 1.29 is 9.53 Å². The van der Waals surface area contributed by atoms with Gasteiger partial charge in [-0.15, -0.1) is 6.58 Å². The van der Waals surface area contributed by atoms with Gasteiger partial charge in [-0.05, 0) is 69.4 Å². The highest BCUT2D eigenvalue weighted by Crippen LogP contribution is 2.55. The van der Waals surface area contributed by atoms with Crippen LogP contribution < -0.4 is 4.74 Å². The maximum absolute atomic E-state index is 12.6. The van der Waals surface area contributed by atoms with Crippen LogP contribution in [0.1, 0.15) is 56.9 Å². The van der Waals surface area contributed by atoms with E-state index in [2.05, 4.69) is 29.3 Å². The second-order valence-electron chi connectivity index (χ2n) is 7.69. The van der Waals surface area contributed by atoms with Crippen molar-refractivity contribution >= 4 is 18.2 Å². The number of ether oxygens (including phenoxy) is 1. The number of rotatable bonds is 5. The minimum atomic E-state index is -0.330. The minimum Gasteiger partial charge on any atom is -0.480 e. The first kappa shape index (κ1) is 17.9. The Kier molecular flexibility index (Phi) is 4.81. The van der Waals surface area contributed by atoms with E-state index in [0.29, 0.717) is 0 Å². The van der Waals surface area contributed by atoms with Crippen LogP contribution in [-0.4, -0.2) is 23.2 Å². The number of aliphatic imine (C=N–C) groups is 1. The fourth-order valence-corrected chi connectivity index (χ4v) is 4.90. The van der Waals surface area contributed by atoms with Gasteiger partial charge in [-0.1, -0.05) is 12.5 Å². The van der Waals surface area contributed by atoms with Crippen molar-refractivity contribution in [2.45, 2.75) is 57.0 Å². The maximum Gasteiger partial charge on any atom is 0.272 e. The van der Waals surface area contributed by atoms with Gasteiger partial charge < -0.3 is 4.74 Å². The molecule has 2 heterocycles. The fourth-order valence-electron chi connectivity index (χ4n) is 4.90. The summed E-state index contributed by atoms with van der Waals surface area (Å²) in [7, 11) is 0. The Morgan fingerprint density at radius 1 is 1.37 bits per heavy atom. The molecular weight excluding hydrogens is 336 g/mol. The number of nitrogens with zero attached hydrogens (tertiary/aromatic N) is 2. The predicted molar refractivity (Wildman–Crippen MR) is 108 cm³/mol. The summed E-state index contributed by atoms with van der Waals surface area (Å²) in [5.41, 5.74) is 3.94. The van der Waals surface area contributed by atoms with Crippen LogP contribution in [0, 0.1) is 5.92 Å². The van der Waals surface area contributed by atoms with Crippen molar-refractivity contribution in [1.29, 1.82) is 0 Å². The van der Waals surface area contributed by atoms with Crippen LogP contribution in [0.25, 0.3) is 5.57 Å². The molecule has 0 saturated heterocycles. The number of amides is 1. The third kappa shape index (κ3) is 2.97. The summed E-state index contributed by atoms with van der Waals surface area (Å²) in [5, 5.41) is 0. The summed E-state index contributed by atoms with van der Waals surface area (Å²) in [5.74, 6) is 0.678. The second-order valence-corrected chi connectivity index (χ2v) is 7.69. The summed E-state index contributed by atoms with van der Waals surface area (Å²) in [6, 6.07) is 2.02. The van der Waals surface area contributed by atoms with Gasteiger partial charge in [0.25, 0.3) is 5.91 Å². The molecule has 1 saturated carbocycles. The Balaban J connectivity index is 1.85. The van der Waals surface area contributed by atoms with Crippen molar-refractivity contribution in [3.63, 3.8) is 0 Å². The van der Waals surface area contributed by atoms with Crippen molar-refractivity contribution in [1.82, 2.24) is 4.98 Å². The van der Waals surface area contributed by atoms with E-state index in [-0.39, 0.29) is 17.4 Å². The molecule has 4 heteroatoms. The molecule has 140 valence electrons. The normalized spacial score (nSPS) is 22.5. The van der Waals surface area contributed by atoms with E-state index < -0.39 is 0 Å². The van der Waals surface area contributed by atoms with Crippen LogP contribution in [0.2, 0.25) is 0 Å². The molecule has 0 N–H and O–H groups in total. The molecule has 0 aromatic carbocycles. The van der Waals surface area contributed by atoms with Gasteiger partial charge in [0.05, 0.1) is 6.20 Å². The molecule has 1 spiro atoms. The molecule has 0 bridgehead atoms. The van der Waals surface area contributed by atoms with E-state index in [9.17, 15) is 4.79 Å². The summed E-state index contributed by atoms with van der Waals surface area (Å²) >= 11 is 0. The van der Waals surface area contributed by atoms with Crippen molar-refractivity contribution in [2.75, 3.05) is 0 Å². The average Bonchev–Trinajstić information content (AvgIpc) is 3.09. The highest BCUT2D eigenvalue weighted by molar-refractivity contribution is 6.03. The van der Waals surface area contributed by atoms with Gasteiger partial charge in [-0.3, -0.25) is 9.78 Å². The Bertz CT molecular complexity index is 844. The van der Waals surface area contributed by atoms with Gasteiger partial charge in [-0.25, -0.2) is 4.99 Å². The van der Waals surface area contributed by atoms with E-state index >= 15 is 0 Å². The number of carbonyl (C=O) groups is 1. The van der Waals surface area contributed by atoms with E-state index in [4.69, 9.17) is 4.74 Å². The van der Waals surface area contributed by atoms with Gasteiger partial charge in [0.1, 0.15) is 11.4 Å². The Morgan fingerprint density at radius 2 is 2.19 bits per heavy atom. The monoisotopic (exact) mass is 362 g/mol. The molecule has 27 heavy (non-hydrogen) atoms. The van der Waals surface area contributed by atoms with Gasteiger partial charge in [0, 0.05) is 28.8 Å². The second kappa shape index (κ2) is 7.26. The lowest BCUT2D eigenvalue weighted by Gasteiger charge is -2.43. The summed E-state index contributed by atoms with van der Waals surface area (Å²) in [4.78, 5) is 20.6. The molecule has 1 atom stereocenters. The fraction of sp³-hybridized carbons (Fsp3) is 0.435. The first-order valence-corrected chi connectivity index (χ1v) is 9.92. The molecule has 3 aliphatic rings. The number of fused-ring (bicyclic) bond motifs is 3. The SMILES string of the molecule is C=CCCCC1C(C(=O)N=C)=CC2=C1c1ccncc1OC21CCCCC1. The Hall–Kier alpha value is -2.49. The molecule has 2 aliphatic carbocycles. The first-order valence-electron chi connectivity index (χ1n) is 9.92. The maximum atomic E-state index is 12.6. The standard InChI is InChI=1S/C23H26N2O2/c1-3-4-6-9-16-18(22(26)24-2)14-19-21(16)17-10-13-25-15-20(17)27-23(19)11-7-5-8-12-23/h3,10,13-16H,1-2,4-9,11-12H2. The Labute approximate surface area is 160 Å². The van der Waals surface area contributed by atoms with Gasteiger partial charge in [0.15, 0.2) is 0 Å². The third-order valence-electron chi connectivity index (χ3n) is 6.14. The number of carbonyl (C=O) groups excluding carboxylic acids is 1. The lowest BCUT2D eigenvalue weighted by molar-refractivity contribution is -0.114. The number of unbranched alkanes of at least 4 members (excludes halogenated alkanes) is 1. The molecule has 1 aromatic rings. The number of hydrogen-bond donors (Lipinski definition) is 0. The zero-order chi connectivity index (χ0) is 18.9. The van der Waals surface area contributed by atoms with Gasteiger partial charge >= 0.3 is 0 Å². The molecular formula is C23H26N2O2. The summed E-state index contributed by atoms with van der Waals surface area (Å²) < 4.78 is 6.57. The third-order valence-corrected chi connectivity index (χ3v) is 6.14. The van der Waals surface area contributed by atoms with Crippen LogP contribution in [-0.2, 0) is 4.79 Å². The van der Waals surface area contributed by atoms with E-state index in [1.807, 2.05) is 18.3 Å². The smallest absolute Gasteiger partial charge is 0.272 e. The number of hydrogen-bond acceptors (Lipinski definition) is 3. The molecule has 1 aromatic heterocycles. The van der Waals surface area contributed by atoms with Crippen molar-refractivity contribution in [3.05, 3.63) is 53.9 Å². The highest BCUT2D eigenvalue weighted by Gasteiger charge is 2.48. The number of aromatic nitrogens is 1. The quantitative estimate of drug-likeness (QED) is 0.417. The van der Waals surface area contributed by atoms with Gasteiger partial charge in [0.2, 0.25) is 0 Å². The van der Waals surface area contributed by atoms with E-state index in [1.54, 1.807) is 6.20 Å². The minimum absolute atomic E-state index is 0.0433. The molecule has 1 fully saturated rings. The highest BCUT2D eigenvalue weighted by atomic mass is 16.5. The van der Waals surface area contributed by atoms with Crippen LogP contribution >= 0.6 is 0 Å². The van der Waals surface area contributed by atoms with Crippen molar-refractivity contribution in [2.24, 2.45) is 10.9 Å². The van der Waals surface area contributed by atoms with Gasteiger partial charge in [-0.2, -0.15) is 0 Å². The topological polar surface area (TPSA) is 51.5 Å².